The molecule has 0 spiro atoms. The molecule has 2 fully saturated rings. The molecule has 0 bridgehead atoms. The fourth-order valence-electron chi connectivity index (χ4n) is 5.22. The maximum atomic E-state index is 12.5. The van der Waals surface area contributed by atoms with Crippen LogP contribution in [0.5, 0.6) is 11.5 Å². The third-order valence-electron chi connectivity index (χ3n) is 7.59. The predicted octanol–water partition coefficient (Wildman–Crippen LogP) is 5.68. The van der Waals surface area contributed by atoms with Crippen molar-refractivity contribution in [2.75, 3.05) is 48.9 Å². The molecule has 3 heterocycles. The number of hydrogen-bond acceptors (Lipinski definition) is 10. The van der Waals surface area contributed by atoms with Gasteiger partial charge in [-0.05, 0) is 73.0 Å². The number of likely N-dealkylation sites (tertiary alicyclic amines) is 1. The van der Waals surface area contributed by atoms with Crippen LogP contribution in [0, 0.1) is 11.8 Å². The van der Waals surface area contributed by atoms with Gasteiger partial charge in [-0.3, -0.25) is 19.5 Å². The van der Waals surface area contributed by atoms with Crippen molar-refractivity contribution in [2.24, 2.45) is 11.8 Å². The van der Waals surface area contributed by atoms with Gasteiger partial charge >= 0.3 is 0 Å². The maximum Gasteiger partial charge on any atom is 0.269 e. The highest BCUT2D eigenvalue weighted by molar-refractivity contribution is 7.98. The predicted molar refractivity (Wildman–Crippen MR) is 177 cm³/mol. The van der Waals surface area contributed by atoms with Gasteiger partial charge in [0, 0.05) is 68.3 Å². The minimum absolute atomic E-state index is 0.152. The number of rotatable bonds is 12. The Labute approximate surface area is 265 Å². The smallest absolute Gasteiger partial charge is 0.269 e. The van der Waals surface area contributed by atoms with Crippen LogP contribution >= 0.6 is 11.8 Å². The standard InChI is InChI=1S/C33H34N8O3S/c1-34-32(43)28-17-27(12-13-35-28)44-26-10-8-23(9-11-26)39-33-36-18-29(45-2)31(40-33)38-25-6-3-5-24(16-25)37-30(42)7-4-14-41-19-21-15-22(21)20-41/h3-13,16-18,21-22H,14-15,19-20H2,1-2H3,(H,34,43)(H,37,42)(H2,36,38,39,40)/b7-4+. The monoisotopic (exact) mass is 622 g/mol. The Balaban J connectivity index is 1.06. The second-order valence-electron chi connectivity index (χ2n) is 10.9. The summed E-state index contributed by atoms with van der Waals surface area (Å²) in [5.74, 6) is 3.48. The molecule has 2 aliphatic rings. The van der Waals surface area contributed by atoms with Crippen LogP contribution in [0.25, 0.3) is 0 Å². The number of carbonyl (C=O) groups is 2. The van der Waals surface area contributed by atoms with Crippen LogP contribution in [0.4, 0.5) is 28.8 Å². The van der Waals surface area contributed by atoms with Gasteiger partial charge in [-0.25, -0.2) is 4.98 Å². The van der Waals surface area contributed by atoms with Gasteiger partial charge in [0.2, 0.25) is 11.9 Å². The largest absolute Gasteiger partial charge is 0.457 e. The van der Waals surface area contributed by atoms with Crippen LogP contribution < -0.4 is 26.0 Å². The second-order valence-corrected chi connectivity index (χ2v) is 11.7. The van der Waals surface area contributed by atoms with Crippen molar-refractivity contribution >= 4 is 52.4 Å². The molecule has 2 unspecified atom stereocenters. The van der Waals surface area contributed by atoms with Crippen molar-refractivity contribution in [1.29, 1.82) is 0 Å². The van der Waals surface area contributed by atoms with Gasteiger partial charge in [0.1, 0.15) is 23.0 Å². The van der Waals surface area contributed by atoms with Crippen LogP contribution in [0.3, 0.4) is 0 Å². The number of aromatic nitrogens is 3. The number of benzene rings is 2. The number of piperidine rings is 1. The minimum atomic E-state index is -0.285. The quantitative estimate of drug-likeness (QED) is 0.116. The Morgan fingerprint density at radius 3 is 2.56 bits per heavy atom. The van der Waals surface area contributed by atoms with Crippen molar-refractivity contribution in [3.63, 3.8) is 0 Å². The van der Waals surface area contributed by atoms with E-state index in [0.29, 0.717) is 29.0 Å². The van der Waals surface area contributed by atoms with E-state index in [1.165, 1.54) is 24.4 Å². The number of fused-ring (bicyclic) bond motifs is 1. The summed E-state index contributed by atoms with van der Waals surface area (Å²) >= 11 is 1.53. The lowest BCUT2D eigenvalue weighted by Gasteiger charge is -2.14. The molecule has 1 aliphatic carbocycles. The summed E-state index contributed by atoms with van der Waals surface area (Å²) in [6.45, 7) is 3.12. The molecule has 230 valence electrons. The van der Waals surface area contributed by atoms with Crippen molar-refractivity contribution in [3.8, 4) is 11.5 Å². The van der Waals surface area contributed by atoms with Crippen LogP contribution in [-0.2, 0) is 4.79 Å². The number of anilines is 5. The number of nitrogens with one attached hydrogen (secondary N) is 4. The highest BCUT2D eigenvalue weighted by Crippen LogP contribution is 2.44. The minimum Gasteiger partial charge on any atom is -0.457 e. The van der Waals surface area contributed by atoms with E-state index in [1.54, 1.807) is 43.6 Å². The molecule has 2 aromatic heterocycles. The van der Waals surface area contributed by atoms with E-state index in [0.717, 1.165) is 47.7 Å². The molecule has 11 nitrogen and oxygen atoms in total. The van der Waals surface area contributed by atoms with E-state index in [4.69, 9.17) is 9.72 Å². The van der Waals surface area contributed by atoms with Crippen molar-refractivity contribution in [3.05, 3.63) is 90.9 Å². The zero-order valence-corrected chi connectivity index (χ0v) is 25.8. The van der Waals surface area contributed by atoms with E-state index in [1.807, 2.05) is 48.7 Å². The van der Waals surface area contributed by atoms with Gasteiger partial charge < -0.3 is 26.0 Å². The summed E-state index contributed by atoms with van der Waals surface area (Å²) < 4.78 is 5.89. The van der Waals surface area contributed by atoms with E-state index in [2.05, 4.69) is 36.1 Å². The van der Waals surface area contributed by atoms with Gasteiger partial charge in [0.25, 0.3) is 5.91 Å². The number of thioether (sulfide) groups is 1. The number of pyridine rings is 1. The first-order valence-electron chi connectivity index (χ1n) is 14.7. The first kappa shape index (κ1) is 30.1. The molecule has 2 atom stereocenters. The highest BCUT2D eigenvalue weighted by Gasteiger charge is 2.44. The lowest BCUT2D eigenvalue weighted by molar-refractivity contribution is -0.111. The van der Waals surface area contributed by atoms with Crippen molar-refractivity contribution in [1.82, 2.24) is 25.2 Å². The van der Waals surface area contributed by atoms with Gasteiger partial charge in [-0.15, -0.1) is 11.8 Å². The Kier molecular flexibility index (Phi) is 9.22. The van der Waals surface area contributed by atoms with Gasteiger partial charge in [0.05, 0.1) is 4.90 Å². The summed E-state index contributed by atoms with van der Waals surface area (Å²) in [4.78, 5) is 40.9. The molecule has 1 aliphatic heterocycles. The average molecular weight is 623 g/mol. The lowest BCUT2D eigenvalue weighted by atomic mass is 10.2. The van der Waals surface area contributed by atoms with Crippen LogP contribution in [0.2, 0.25) is 0 Å². The maximum absolute atomic E-state index is 12.5. The Morgan fingerprint density at radius 1 is 0.978 bits per heavy atom. The van der Waals surface area contributed by atoms with E-state index in [9.17, 15) is 9.59 Å². The first-order chi connectivity index (χ1) is 21.9. The summed E-state index contributed by atoms with van der Waals surface area (Å²) in [5.41, 5.74) is 2.51. The van der Waals surface area contributed by atoms with Crippen molar-refractivity contribution in [2.45, 2.75) is 11.3 Å². The van der Waals surface area contributed by atoms with E-state index >= 15 is 0 Å². The molecule has 45 heavy (non-hydrogen) atoms. The lowest BCUT2D eigenvalue weighted by Crippen LogP contribution is -2.22. The molecule has 4 aromatic rings. The first-order valence-corrected chi connectivity index (χ1v) is 15.9. The number of ether oxygens (including phenoxy) is 1. The Hall–Kier alpha value is -4.94. The van der Waals surface area contributed by atoms with Crippen molar-refractivity contribution < 1.29 is 14.3 Å². The molecule has 1 saturated carbocycles. The SMILES string of the molecule is CNC(=O)c1cc(Oc2ccc(Nc3ncc(SC)c(Nc4cccc(NC(=O)/C=C/CN5CC6CC6C5)c4)n3)cc2)ccn1. The highest BCUT2D eigenvalue weighted by atomic mass is 32.2. The average Bonchev–Trinajstić information content (AvgIpc) is 3.66. The van der Waals surface area contributed by atoms with Gasteiger partial charge in [0.15, 0.2) is 0 Å². The molecular formula is C33H34N8O3S. The summed E-state index contributed by atoms with van der Waals surface area (Å²) in [6, 6.07) is 18.1. The van der Waals surface area contributed by atoms with Gasteiger partial charge in [-0.2, -0.15) is 4.98 Å². The normalized spacial score (nSPS) is 17.0. The summed E-state index contributed by atoms with van der Waals surface area (Å²) in [5, 5.41) is 12.1. The molecule has 2 aromatic carbocycles. The molecule has 1 saturated heterocycles. The number of nitrogens with zero attached hydrogens (tertiary/aromatic N) is 4. The molecule has 0 radical (unpaired) electrons. The number of carbonyl (C=O) groups excluding carboxylic acids is 2. The van der Waals surface area contributed by atoms with Crippen LogP contribution in [0.15, 0.2) is 90.1 Å². The molecular weight excluding hydrogens is 588 g/mol. The Bertz CT molecular complexity index is 1700. The number of hydrogen-bond donors (Lipinski definition) is 4. The topological polar surface area (TPSA) is 133 Å². The van der Waals surface area contributed by atoms with E-state index in [-0.39, 0.29) is 17.5 Å². The molecule has 6 rings (SSSR count). The Morgan fingerprint density at radius 2 is 1.78 bits per heavy atom. The third-order valence-corrected chi connectivity index (χ3v) is 8.33. The van der Waals surface area contributed by atoms with Crippen LogP contribution in [-0.4, -0.2) is 64.6 Å². The van der Waals surface area contributed by atoms with Gasteiger partial charge in [-0.1, -0.05) is 12.1 Å². The second kappa shape index (κ2) is 13.8. The molecule has 2 amide bonds. The van der Waals surface area contributed by atoms with E-state index < -0.39 is 0 Å². The molecule has 12 heteroatoms. The fourth-order valence-corrected chi connectivity index (χ4v) is 5.67. The third kappa shape index (κ3) is 7.97. The number of amides is 2. The molecule has 4 N–H and O–H groups in total. The zero-order valence-electron chi connectivity index (χ0n) is 25.0. The summed E-state index contributed by atoms with van der Waals surface area (Å²) in [6.07, 6.45) is 10.2. The fraction of sp³-hybridized carbons (Fsp3) is 0.242. The van der Waals surface area contributed by atoms with Crippen LogP contribution in [0.1, 0.15) is 16.9 Å². The zero-order chi connectivity index (χ0) is 31.2. The summed E-state index contributed by atoms with van der Waals surface area (Å²) in [7, 11) is 1.55.